The van der Waals surface area contributed by atoms with Gasteiger partial charge in [0.05, 0.1) is 0 Å². The molecule has 1 fully saturated rings. The van der Waals surface area contributed by atoms with E-state index in [1.165, 1.54) is 0 Å². The van der Waals surface area contributed by atoms with E-state index in [1.807, 2.05) is 13.8 Å². The molecule has 0 spiro atoms. The van der Waals surface area contributed by atoms with E-state index in [1.54, 1.807) is 0 Å². The van der Waals surface area contributed by atoms with Crippen molar-refractivity contribution in [2.24, 2.45) is 5.41 Å². The molecule has 0 atom stereocenters. The van der Waals surface area contributed by atoms with Crippen LogP contribution in [0, 0.1) is 5.41 Å². The Morgan fingerprint density at radius 3 is 1.82 bits per heavy atom. The molecule has 0 unspecified atom stereocenters. The van der Waals surface area contributed by atoms with E-state index in [0.29, 0.717) is 12.8 Å². The molecule has 2 amide bonds. The number of imide groups is 1. The summed E-state index contributed by atoms with van der Waals surface area (Å²) in [5.74, 6) is -0.303. The minimum atomic E-state index is -0.152. The van der Waals surface area contributed by atoms with Gasteiger partial charge >= 0.3 is 29.6 Å². The van der Waals surface area contributed by atoms with E-state index in [4.69, 9.17) is 0 Å². The number of hydrogen-bond acceptors (Lipinski definition) is 2. The molecule has 0 aromatic heterocycles. The summed E-state index contributed by atoms with van der Waals surface area (Å²) in [6.45, 7) is 3.84. The molecule has 0 saturated carbocycles. The molecule has 0 bridgehead atoms. The van der Waals surface area contributed by atoms with Crippen LogP contribution in [-0.4, -0.2) is 41.4 Å². The monoisotopic (exact) mass is 165 g/mol. The Morgan fingerprint density at radius 2 is 1.55 bits per heavy atom. The number of rotatable bonds is 0. The molecule has 3 nitrogen and oxygen atoms in total. The van der Waals surface area contributed by atoms with E-state index < -0.39 is 0 Å². The third-order valence-corrected chi connectivity index (χ3v) is 1.56. The molecule has 0 aromatic carbocycles. The first-order chi connectivity index (χ1) is 4.49. The van der Waals surface area contributed by atoms with E-state index in [9.17, 15) is 9.59 Å². The number of nitrogens with one attached hydrogen (secondary N) is 1. The van der Waals surface area contributed by atoms with E-state index in [2.05, 4.69) is 5.32 Å². The van der Waals surface area contributed by atoms with Crippen molar-refractivity contribution in [3.63, 3.8) is 0 Å². The van der Waals surface area contributed by atoms with Crippen LogP contribution in [-0.2, 0) is 9.59 Å². The number of amides is 2. The maximum absolute atomic E-state index is 10.8. The van der Waals surface area contributed by atoms with Crippen LogP contribution in [0.25, 0.3) is 0 Å². The van der Waals surface area contributed by atoms with Crippen LogP contribution in [0.3, 0.4) is 0 Å². The van der Waals surface area contributed by atoms with Crippen LogP contribution in [0.2, 0.25) is 0 Å². The molecule has 58 valence electrons. The number of piperidine rings is 1. The molecule has 0 radical (unpaired) electrons. The Kier molecular flexibility index (Phi) is 3.74. The quantitative estimate of drug-likeness (QED) is 0.399. The summed E-state index contributed by atoms with van der Waals surface area (Å²) in [6.07, 6.45) is 0.914. The molecule has 1 N–H and O–H groups in total. The first kappa shape index (κ1) is 11.1. The van der Waals surface area contributed by atoms with Crippen molar-refractivity contribution in [2.45, 2.75) is 26.7 Å². The zero-order chi connectivity index (χ0) is 7.78. The van der Waals surface area contributed by atoms with Crippen molar-refractivity contribution in [2.75, 3.05) is 0 Å². The minimum absolute atomic E-state index is 0. The molecule has 1 aliphatic heterocycles. The van der Waals surface area contributed by atoms with Crippen LogP contribution < -0.4 is 5.32 Å². The fraction of sp³-hybridized carbons (Fsp3) is 0.714. The molecule has 0 aliphatic carbocycles. The maximum atomic E-state index is 10.8. The van der Waals surface area contributed by atoms with Crippen LogP contribution in [0.15, 0.2) is 0 Å². The molecule has 1 saturated heterocycles. The van der Waals surface area contributed by atoms with E-state index in [-0.39, 0.29) is 46.8 Å². The normalized spacial score (nSPS) is 22.0. The second-order valence-electron chi connectivity index (χ2n) is 3.49. The average molecular weight is 165 g/mol. The predicted molar refractivity (Wildman–Crippen MR) is 43.3 cm³/mol. The standard InChI is InChI=1S/C7H11NO2.Na.H/c1-7(2)3-5(9)8-6(10)4-7;;/h3-4H2,1-2H3,(H,8,9,10);;. The SMILES string of the molecule is CC1(C)CC(=O)NC(=O)C1.[NaH]. The van der Waals surface area contributed by atoms with Gasteiger partial charge in [0, 0.05) is 12.8 Å². The Morgan fingerprint density at radius 1 is 1.18 bits per heavy atom. The second-order valence-corrected chi connectivity index (χ2v) is 3.49. The van der Waals surface area contributed by atoms with Gasteiger partial charge in [-0.1, -0.05) is 13.8 Å². The van der Waals surface area contributed by atoms with Gasteiger partial charge in [0.25, 0.3) is 0 Å². The molecule has 4 heteroatoms. The van der Waals surface area contributed by atoms with Crippen molar-refractivity contribution >= 4 is 41.4 Å². The van der Waals surface area contributed by atoms with Gasteiger partial charge in [-0.15, -0.1) is 0 Å². The first-order valence-corrected chi connectivity index (χ1v) is 3.32. The summed E-state index contributed by atoms with van der Waals surface area (Å²) in [7, 11) is 0. The van der Waals surface area contributed by atoms with Gasteiger partial charge in [-0.25, -0.2) is 0 Å². The summed E-state index contributed by atoms with van der Waals surface area (Å²) < 4.78 is 0. The molecule has 1 heterocycles. The van der Waals surface area contributed by atoms with Gasteiger partial charge in [0.1, 0.15) is 0 Å². The summed E-state index contributed by atoms with van der Waals surface area (Å²) in [5.41, 5.74) is -0.139. The number of hydrogen-bond donors (Lipinski definition) is 1. The topological polar surface area (TPSA) is 46.2 Å². The molecule has 1 aliphatic rings. The zero-order valence-corrected chi connectivity index (χ0v) is 6.23. The second kappa shape index (κ2) is 3.70. The van der Waals surface area contributed by atoms with Crippen molar-refractivity contribution in [1.29, 1.82) is 0 Å². The van der Waals surface area contributed by atoms with Gasteiger partial charge in [-0.05, 0) is 5.41 Å². The third-order valence-electron chi connectivity index (χ3n) is 1.56. The summed E-state index contributed by atoms with van der Waals surface area (Å²) in [6, 6.07) is 0. The first-order valence-electron chi connectivity index (χ1n) is 3.32. The molecular formula is C7H12NNaO2. The van der Waals surface area contributed by atoms with E-state index in [0.717, 1.165) is 0 Å². The fourth-order valence-corrected chi connectivity index (χ4v) is 1.18. The van der Waals surface area contributed by atoms with Crippen LogP contribution in [0.5, 0.6) is 0 Å². The number of carbonyl (C=O) groups is 2. The average Bonchev–Trinajstić information content (AvgIpc) is 1.54. The Bertz CT molecular complexity index is 171. The molecular weight excluding hydrogens is 153 g/mol. The number of carbonyl (C=O) groups excluding carboxylic acids is 2. The van der Waals surface area contributed by atoms with Crippen LogP contribution >= 0.6 is 0 Å². The Labute approximate surface area is 88.2 Å². The fourth-order valence-electron chi connectivity index (χ4n) is 1.18. The summed E-state index contributed by atoms with van der Waals surface area (Å²) in [4.78, 5) is 21.5. The Hall–Kier alpha value is 0.140. The predicted octanol–water partition coefficient (Wildman–Crippen LogP) is -0.199. The molecule has 11 heavy (non-hydrogen) atoms. The van der Waals surface area contributed by atoms with E-state index >= 15 is 0 Å². The summed E-state index contributed by atoms with van der Waals surface area (Å²) >= 11 is 0. The summed E-state index contributed by atoms with van der Waals surface area (Å²) in [5, 5.41) is 2.26. The van der Waals surface area contributed by atoms with Crippen LogP contribution in [0.1, 0.15) is 26.7 Å². The van der Waals surface area contributed by atoms with Crippen molar-refractivity contribution in [3.8, 4) is 0 Å². The third kappa shape index (κ3) is 3.36. The molecule has 1 rings (SSSR count). The van der Waals surface area contributed by atoms with Gasteiger partial charge in [0.2, 0.25) is 11.8 Å². The van der Waals surface area contributed by atoms with Gasteiger partial charge in [0.15, 0.2) is 0 Å². The van der Waals surface area contributed by atoms with Crippen molar-refractivity contribution in [3.05, 3.63) is 0 Å². The zero-order valence-electron chi connectivity index (χ0n) is 6.23. The van der Waals surface area contributed by atoms with Crippen molar-refractivity contribution in [1.82, 2.24) is 5.32 Å². The van der Waals surface area contributed by atoms with Gasteiger partial charge in [-0.2, -0.15) is 0 Å². The van der Waals surface area contributed by atoms with Gasteiger partial charge < -0.3 is 0 Å². The Balaban J connectivity index is 0.000001000. The van der Waals surface area contributed by atoms with Crippen LogP contribution in [0.4, 0.5) is 0 Å². The molecule has 0 aromatic rings. The van der Waals surface area contributed by atoms with Gasteiger partial charge in [-0.3, -0.25) is 14.9 Å². The van der Waals surface area contributed by atoms with Crippen molar-refractivity contribution < 1.29 is 9.59 Å².